The summed E-state index contributed by atoms with van der Waals surface area (Å²) in [6, 6.07) is 31.4. The molecule has 4 rings (SSSR count). The van der Waals surface area contributed by atoms with Crippen LogP contribution in [0, 0.1) is 34.3 Å². The van der Waals surface area contributed by atoms with Gasteiger partial charge in [-0.05, 0) is 35.4 Å². The Bertz CT molecular complexity index is 1190. The van der Waals surface area contributed by atoms with Gasteiger partial charge in [-0.15, -0.1) is 0 Å². The monoisotopic (exact) mass is 454 g/mol. The minimum Gasteiger partial charge on any atom is -0.487 e. The second kappa shape index (κ2) is 12.4. The summed E-state index contributed by atoms with van der Waals surface area (Å²) in [4.78, 5) is 0. The molecule has 0 heterocycles. The van der Waals surface area contributed by atoms with Gasteiger partial charge < -0.3 is 9.47 Å². The van der Waals surface area contributed by atoms with Gasteiger partial charge in [-0.2, -0.15) is 10.5 Å². The van der Waals surface area contributed by atoms with E-state index in [0.717, 1.165) is 11.1 Å². The molecule has 4 nitrogen and oxygen atoms in total. The SMILES string of the molecule is N#Cc1c(F)cccc1OCc1ccccc1.N#Cc1c(F)cccc1OCc1ccccc1. The quantitative estimate of drug-likeness (QED) is 0.331. The molecule has 0 saturated carbocycles. The topological polar surface area (TPSA) is 66.0 Å². The van der Waals surface area contributed by atoms with Crippen LogP contribution in [0.4, 0.5) is 8.78 Å². The Morgan fingerprint density at radius 2 is 0.912 bits per heavy atom. The van der Waals surface area contributed by atoms with Gasteiger partial charge in [0.15, 0.2) is 0 Å². The number of hydrogen-bond donors (Lipinski definition) is 0. The van der Waals surface area contributed by atoms with Crippen molar-refractivity contribution in [1.82, 2.24) is 0 Å². The third-order valence-corrected chi connectivity index (χ3v) is 4.65. The average Bonchev–Trinajstić information content (AvgIpc) is 2.88. The molecule has 0 fully saturated rings. The van der Waals surface area contributed by atoms with E-state index in [1.165, 1.54) is 24.3 Å². The minimum absolute atomic E-state index is 0.0524. The van der Waals surface area contributed by atoms with E-state index in [4.69, 9.17) is 20.0 Å². The van der Waals surface area contributed by atoms with E-state index >= 15 is 0 Å². The molecule has 0 spiro atoms. The van der Waals surface area contributed by atoms with Crippen molar-refractivity contribution in [2.45, 2.75) is 13.2 Å². The molecule has 34 heavy (non-hydrogen) atoms. The first kappa shape index (κ1) is 24.0. The van der Waals surface area contributed by atoms with Crippen LogP contribution in [-0.2, 0) is 13.2 Å². The van der Waals surface area contributed by atoms with Crippen molar-refractivity contribution in [3.05, 3.63) is 131 Å². The Kier molecular flexibility index (Phi) is 8.73. The minimum atomic E-state index is -0.557. The maximum atomic E-state index is 13.3. The smallest absolute Gasteiger partial charge is 0.144 e. The molecule has 0 aromatic heterocycles. The summed E-state index contributed by atoms with van der Waals surface area (Å²) in [5, 5.41) is 17.7. The lowest BCUT2D eigenvalue weighted by Crippen LogP contribution is -1.98. The second-order valence-electron chi connectivity index (χ2n) is 7.00. The zero-order chi connectivity index (χ0) is 24.2. The van der Waals surface area contributed by atoms with E-state index in [9.17, 15) is 8.78 Å². The summed E-state index contributed by atoms with van der Waals surface area (Å²) in [5.74, 6) is -0.566. The second-order valence-corrected chi connectivity index (χ2v) is 7.00. The van der Waals surface area contributed by atoms with Crippen LogP contribution in [0.1, 0.15) is 22.3 Å². The van der Waals surface area contributed by atoms with Crippen LogP contribution in [0.5, 0.6) is 11.5 Å². The van der Waals surface area contributed by atoms with Crippen LogP contribution in [0.2, 0.25) is 0 Å². The summed E-state index contributed by atoms with van der Waals surface area (Å²) in [6.45, 7) is 0.637. The molecular formula is C28H20F2N2O2. The van der Waals surface area contributed by atoms with Crippen LogP contribution in [0.15, 0.2) is 97.1 Å². The molecular weight excluding hydrogens is 434 g/mol. The molecule has 0 unspecified atom stereocenters. The Hall–Kier alpha value is -4.68. The lowest BCUT2D eigenvalue weighted by molar-refractivity contribution is 0.303. The van der Waals surface area contributed by atoms with Crippen LogP contribution < -0.4 is 9.47 Å². The summed E-state index contributed by atoms with van der Waals surface area (Å²) in [7, 11) is 0. The predicted octanol–water partition coefficient (Wildman–Crippen LogP) is 6.55. The van der Waals surface area contributed by atoms with Gasteiger partial charge in [0.2, 0.25) is 0 Å². The summed E-state index contributed by atoms with van der Waals surface area (Å²) in [6.07, 6.45) is 0. The average molecular weight is 454 g/mol. The van der Waals surface area contributed by atoms with Crippen LogP contribution in [-0.4, -0.2) is 0 Å². The van der Waals surface area contributed by atoms with Crippen molar-refractivity contribution in [1.29, 1.82) is 10.5 Å². The Balaban J connectivity index is 0.000000191. The standard InChI is InChI=1S/2C14H10FNO/c2*15-13-7-4-8-14(12(13)9-16)17-10-11-5-2-1-3-6-11/h2*1-8H,10H2. The number of nitriles is 2. The highest BCUT2D eigenvalue weighted by Gasteiger charge is 2.09. The van der Waals surface area contributed by atoms with Crippen molar-refractivity contribution >= 4 is 0 Å². The van der Waals surface area contributed by atoms with E-state index in [2.05, 4.69) is 0 Å². The van der Waals surface area contributed by atoms with Gasteiger partial charge in [0, 0.05) is 0 Å². The number of halogens is 2. The Morgan fingerprint density at radius 1 is 0.529 bits per heavy atom. The third kappa shape index (κ3) is 6.66. The predicted molar refractivity (Wildman–Crippen MR) is 124 cm³/mol. The zero-order valence-corrected chi connectivity index (χ0v) is 18.1. The first-order valence-corrected chi connectivity index (χ1v) is 10.3. The summed E-state index contributed by atoms with van der Waals surface area (Å²) in [5.41, 5.74) is 1.84. The van der Waals surface area contributed by atoms with Gasteiger partial charge in [-0.1, -0.05) is 72.8 Å². The van der Waals surface area contributed by atoms with Crippen LogP contribution >= 0.6 is 0 Å². The Labute approximate surface area is 196 Å². The molecule has 0 aliphatic heterocycles. The maximum Gasteiger partial charge on any atom is 0.144 e. The van der Waals surface area contributed by atoms with Gasteiger partial charge >= 0.3 is 0 Å². The molecule has 0 aliphatic rings. The highest BCUT2D eigenvalue weighted by atomic mass is 19.1. The highest BCUT2D eigenvalue weighted by molar-refractivity contribution is 5.44. The lowest BCUT2D eigenvalue weighted by Gasteiger charge is -2.07. The molecule has 0 radical (unpaired) electrons. The number of benzene rings is 4. The molecule has 0 amide bonds. The summed E-state index contributed by atoms with van der Waals surface area (Å²) >= 11 is 0. The molecule has 0 atom stereocenters. The molecule has 0 bridgehead atoms. The molecule has 4 aromatic rings. The first-order valence-electron chi connectivity index (χ1n) is 10.3. The normalized spacial score (nSPS) is 9.65. The fraction of sp³-hybridized carbons (Fsp3) is 0.0714. The maximum absolute atomic E-state index is 13.3. The molecule has 4 aromatic carbocycles. The number of hydrogen-bond acceptors (Lipinski definition) is 4. The van der Waals surface area contributed by atoms with Crippen LogP contribution in [0.25, 0.3) is 0 Å². The molecule has 168 valence electrons. The van der Waals surface area contributed by atoms with Crippen molar-refractivity contribution in [3.8, 4) is 23.6 Å². The van der Waals surface area contributed by atoms with Gasteiger partial charge in [0.05, 0.1) is 0 Å². The van der Waals surface area contributed by atoms with Crippen molar-refractivity contribution in [2.24, 2.45) is 0 Å². The van der Waals surface area contributed by atoms with Crippen molar-refractivity contribution in [2.75, 3.05) is 0 Å². The van der Waals surface area contributed by atoms with Crippen molar-refractivity contribution in [3.63, 3.8) is 0 Å². The number of ether oxygens (including phenoxy) is 2. The zero-order valence-electron chi connectivity index (χ0n) is 18.1. The lowest BCUT2D eigenvalue weighted by atomic mass is 10.2. The highest BCUT2D eigenvalue weighted by Crippen LogP contribution is 2.22. The van der Waals surface area contributed by atoms with Gasteiger partial charge in [0.25, 0.3) is 0 Å². The summed E-state index contributed by atoms with van der Waals surface area (Å²) < 4.78 is 37.4. The fourth-order valence-corrected chi connectivity index (χ4v) is 2.94. The third-order valence-electron chi connectivity index (χ3n) is 4.65. The van der Waals surface area contributed by atoms with E-state index in [-0.39, 0.29) is 22.6 Å². The van der Waals surface area contributed by atoms with E-state index < -0.39 is 11.6 Å². The molecule has 0 N–H and O–H groups in total. The molecule has 0 saturated heterocycles. The molecule has 0 aliphatic carbocycles. The Morgan fingerprint density at radius 3 is 1.26 bits per heavy atom. The van der Waals surface area contributed by atoms with Gasteiger partial charge in [-0.25, -0.2) is 8.78 Å². The molecule has 6 heteroatoms. The van der Waals surface area contributed by atoms with E-state index in [1.807, 2.05) is 60.7 Å². The number of rotatable bonds is 6. The van der Waals surface area contributed by atoms with Crippen LogP contribution in [0.3, 0.4) is 0 Å². The first-order chi connectivity index (χ1) is 16.6. The number of nitrogens with zero attached hydrogens (tertiary/aromatic N) is 2. The largest absolute Gasteiger partial charge is 0.487 e. The van der Waals surface area contributed by atoms with Crippen molar-refractivity contribution < 1.29 is 18.3 Å². The van der Waals surface area contributed by atoms with Gasteiger partial charge in [0.1, 0.15) is 59.6 Å². The van der Waals surface area contributed by atoms with E-state index in [1.54, 1.807) is 24.3 Å². The van der Waals surface area contributed by atoms with Gasteiger partial charge in [-0.3, -0.25) is 0 Å². The fourth-order valence-electron chi connectivity index (χ4n) is 2.94. The van der Waals surface area contributed by atoms with E-state index in [0.29, 0.717) is 13.2 Å².